The van der Waals surface area contributed by atoms with Crippen LogP contribution in [-0.2, 0) is 24.2 Å². The summed E-state index contributed by atoms with van der Waals surface area (Å²) in [4.78, 5) is 12.4. The minimum atomic E-state index is -0.540. The maximum Gasteiger partial charge on any atom is 0.261 e. The number of hydrogen-bond acceptors (Lipinski definition) is 3. The highest BCUT2D eigenvalue weighted by Gasteiger charge is 2.16. The van der Waals surface area contributed by atoms with Gasteiger partial charge < -0.3 is 14.8 Å². The summed E-state index contributed by atoms with van der Waals surface area (Å²) in [5.41, 5.74) is 3.77. The molecule has 0 saturated carbocycles. The molecule has 0 bridgehead atoms. The van der Waals surface area contributed by atoms with Crippen molar-refractivity contribution in [3.63, 3.8) is 0 Å². The van der Waals surface area contributed by atoms with Crippen LogP contribution >= 0.6 is 0 Å². The summed E-state index contributed by atoms with van der Waals surface area (Å²) in [5, 5.41) is 2.94. The summed E-state index contributed by atoms with van der Waals surface area (Å²) >= 11 is 0. The average Bonchev–Trinajstić information content (AvgIpc) is 2.65. The van der Waals surface area contributed by atoms with Gasteiger partial charge in [0.05, 0.1) is 6.10 Å². The Hall–Kier alpha value is -2.49. The molecule has 1 aliphatic carbocycles. The van der Waals surface area contributed by atoms with Crippen molar-refractivity contribution in [2.75, 3.05) is 0 Å². The molecule has 4 nitrogen and oxygen atoms in total. The maximum absolute atomic E-state index is 12.4. The topological polar surface area (TPSA) is 47.6 Å². The largest absolute Gasteiger partial charge is 0.491 e. The predicted octanol–water partition coefficient (Wildman–Crippen LogP) is 4.44. The van der Waals surface area contributed by atoms with Gasteiger partial charge in [-0.05, 0) is 87.4 Å². The third kappa shape index (κ3) is 5.49. The van der Waals surface area contributed by atoms with E-state index in [0.717, 1.165) is 29.9 Å². The lowest BCUT2D eigenvalue weighted by atomic mass is 9.92. The number of ether oxygens (including phenoxy) is 2. The molecule has 0 aromatic heterocycles. The number of amides is 1. The minimum absolute atomic E-state index is 0.122. The summed E-state index contributed by atoms with van der Waals surface area (Å²) in [6, 6.07) is 14.0. The highest BCUT2D eigenvalue weighted by molar-refractivity contribution is 5.80. The van der Waals surface area contributed by atoms with Gasteiger partial charge in [0.25, 0.3) is 5.91 Å². The summed E-state index contributed by atoms with van der Waals surface area (Å²) in [5.74, 6) is 1.46. The Balaban J connectivity index is 1.53. The van der Waals surface area contributed by atoms with Crippen LogP contribution in [-0.4, -0.2) is 18.1 Å². The molecule has 1 atom stereocenters. The van der Waals surface area contributed by atoms with Crippen molar-refractivity contribution in [3.8, 4) is 11.5 Å². The lowest BCUT2D eigenvalue weighted by Gasteiger charge is -2.19. The molecule has 0 aliphatic heterocycles. The molecule has 0 spiro atoms. The second-order valence-corrected chi connectivity index (χ2v) is 7.43. The fourth-order valence-electron chi connectivity index (χ4n) is 3.37. The summed E-state index contributed by atoms with van der Waals surface area (Å²) in [7, 11) is 0. The molecule has 2 aromatic rings. The number of hydrogen-bond donors (Lipinski definition) is 1. The number of fused-ring (bicyclic) bond motifs is 1. The van der Waals surface area contributed by atoms with Crippen LogP contribution in [0, 0.1) is 0 Å². The van der Waals surface area contributed by atoms with Gasteiger partial charge in [0.15, 0.2) is 6.10 Å². The molecule has 4 heteroatoms. The van der Waals surface area contributed by atoms with E-state index in [0.29, 0.717) is 6.54 Å². The molecule has 27 heavy (non-hydrogen) atoms. The second kappa shape index (κ2) is 8.94. The van der Waals surface area contributed by atoms with E-state index in [1.165, 1.54) is 24.0 Å². The van der Waals surface area contributed by atoms with Crippen molar-refractivity contribution in [2.45, 2.75) is 65.2 Å². The van der Waals surface area contributed by atoms with E-state index in [1.807, 2.05) is 44.2 Å². The van der Waals surface area contributed by atoms with Crippen molar-refractivity contribution in [1.82, 2.24) is 5.32 Å². The van der Waals surface area contributed by atoms with Gasteiger partial charge in [0, 0.05) is 6.54 Å². The van der Waals surface area contributed by atoms with Crippen LogP contribution in [0.25, 0.3) is 0 Å². The first-order valence-electron chi connectivity index (χ1n) is 9.83. The van der Waals surface area contributed by atoms with Crippen LogP contribution in [0.2, 0.25) is 0 Å². The van der Waals surface area contributed by atoms with Gasteiger partial charge >= 0.3 is 0 Å². The van der Waals surface area contributed by atoms with Crippen molar-refractivity contribution in [1.29, 1.82) is 0 Å². The van der Waals surface area contributed by atoms with Crippen LogP contribution in [0.15, 0.2) is 42.5 Å². The van der Waals surface area contributed by atoms with Gasteiger partial charge in [-0.25, -0.2) is 0 Å². The van der Waals surface area contributed by atoms with Crippen molar-refractivity contribution in [3.05, 3.63) is 59.2 Å². The zero-order chi connectivity index (χ0) is 19.2. The zero-order valence-electron chi connectivity index (χ0n) is 16.5. The van der Waals surface area contributed by atoms with Crippen molar-refractivity contribution in [2.24, 2.45) is 0 Å². The van der Waals surface area contributed by atoms with Gasteiger partial charge in [0.2, 0.25) is 0 Å². The smallest absolute Gasteiger partial charge is 0.261 e. The Morgan fingerprint density at radius 1 is 0.963 bits per heavy atom. The average molecular weight is 367 g/mol. The molecule has 0 saturated heterocycles. The lowest BCUT2D eigenvalue weighted by molar-refractivity contribution is -0.127. The minimum Gasteiger partial charge on any atom is -0.491 e. The number of rotatable bonds is 7. The molecular weight excluding hydrogens is 338 g/mol. The molecule has 144 valence electrons. The fraction of sp³-hybridized carbons (Fsp3) is 0.435. The van der Waals surface area contributed by atoms with E-state index in [9.17, 15) is 4.79 Å². The maximum atomic E-state index is 12.4. The Morgan fingerprint density at radius 2 is 1.70 bits per heavy atom. The summed E-state index contributed by atoms with van der Waals surface area (Å²) in [6.07, 6.45) is 4.32. The van der Waals surface area contributed by atoms with Gasteiger partial charge in [-0.1, -0.05) is 18.2 Å². The highest BCUT2D eigenvalue weighted by atomic mass is 16.5. The number of nitrogens with one attached hydrogen (secondary N) is 1. The van der Waals surface area contributed by atoms with E-state index < -0.39 is 6.10 Å². The van der Waals surface area contributed by atoms with Gasteiger partial charge in [-0.2, -0.15) is 0 Å². The van der Waals surface area contributed by atoms with Crippen LogP contribution in [0.4, 0.5) is 0 Å². The molecule has 0 heterocycles. The normalized spacial score (nSPS) is 14.4. The molecule has 1 N–H and O–H groups in total. The highest BCUT2D eigenvalue weighted by Crippen LogP contribution is 2.26. The molecule has 3 rings (SSSR count). The third-order valence-electron chi connectivity index (χ3n) is 4.74. The fourth-order valence-corrected chi connectivity index (χ4v) is 3.37. The number of aryl methyl sites for hydroxylation is 2. The molecule has 2 aromatic carbocycles. The van der Waals surface area contributed by atoms with E-state index in [-0.39, 0.29) is 12.0 Å². The molecule has 0 unspecified atom stereocenters. The van der Waals surface area contributed by atoms with Crippen LogP contribution in [0.1, 0.15) is 50.3 Å². The number of carbonyl (C=O) groups is 1. The SMILES string of the molecule is CC(C)Oc1cccc(CNC(=O)[C@@H](C)Oc2ccc3c(c2)CCCC3)c1. The number of benzene rings is 2. The Kier molecular flexibility index (Phi) is 6.38. The molecule has 1 amide bonds. The van der Waals surface area contributed by atoms with E-state index >= 15 is 0 Å². The van der Waals surface area contributed by atoms with E-state index in [4.69, 9.17) is 9.47 Å². The molecular formula is C23H29NO3. The summed E-state index contributed by atoms with van der Waals surface area (Å²) in [6.45, 7) is 6.22. The first-order chi connectivity index (χ1) is 13.0. The molecule has 0 fully saturated rings. The third-order valence-corrected chi connectivity index (χ3v) is 4.74. The van der Waals surface area contributed by atoms with Crippen molar-refractivity contribution >= 4 is 5.91 Å². The first kappa shape index (κ1) is 19.3. The zero-order valence-corrected chi connectivity index (χ0v) is 16.5. The number of carbonyl (C=O) groups excluding carboxylic acids is 1. The first-order valence-corrected chi connectivity index (χ1v) is 9.83. The van der Waals surface area contributed by atoms with E-state index in [2.05, 4.69) is 17.4 Å². The Labute approximate surface area is 161 Å². The molecule has 0 radical (unpaired) electrons. The Bertz CT molecular complexity index is 785. The lowest BCUT2D eigenvalue weighted by Crippen LogP contribution is -2.35. The predicted molar refractivity (Wildman–Crippen MR) is 107 cm³/mol. The van der Waals surface area contributed by atoms with Gasteiger partial charge in [-0.15, -0.1) is 0 Å². The van der Waals surface area contributed by atoms with Crippen molar-refractivity contribution < 1.29 is 14.3 Å². The van der Waals surface area contributed by atoms with Crippen LogP contribution in [0.3, 0.4) is 0 Å². The van der Waals surface area contributed by atoms with E-state index in [1.54, 1.807) is 6.92 Å². The monoisotopic (exact) mass is 367 g/mol. The second-order valence-electron chi connectivity index (χ2n) is 7.43. The van der Waals surface area contributed by atoms with Gasteiger partial charge in [-0.3, -0.25) is 4.79 Å². The van der Waals surface area contributed by atoms with Crippen LogP contribution < -0.4 is 14.8 Å². The molecule has 1 aliphatic rings. The quantitative estimate of drug-likeness (QED) is 0.787. The summed E-state index contributed by atoms with van der Waals surface area (Å²) < 4.78 is 11.6. The Morgan fingerprint density at radius 3 is 2.48 bits per heavy atom. The van der Waals surface area contributed by atoms with Gasteiger partial charge in [0.1, 0.15) is 11.5 Å². The van der Waals surface area contributed by atoms with Crippen LogP contribution in [0.5, 0.6) is 11.5 Å². The standard InChI is InChI=1S/C23H29NO3/c1-16(2)26-21-10-6-7-18(13-21)15-24-23(25)17(3)27-22-12-11-19-8-4-5-9-20(19)14-22/h6-7,10-14,16-17H,4-5,8-9,15H2,1-3H3,(H,24,25)/t17-/m1/s1.